The van der Waals surface area contributed by atoms with E-state index < -0.39 is 0 Å². The molecular formula is C13H16N2O. The van der Waals surface area contributed by atoms with E-state index in [2.05, 4.69) is 22.2 Å². The Morgan fingerprint density at radius 3 is 2.81 bits per heavy atom. The lowest BCUT2D eigenvalue weighted by Crippen LogP contribution is -2.43. The Kier molecular flexibility index (Phi) is 3.68. The second-order valence-electron chi connectivity index (χ2n) is 3.70. The van der Waals surface area contributed by atoms with Crippen molar-refractivity contribution < 1.29 is 4.74 Å². The van der Waals surface area contributed by atoms with Crippen LogP contribution >= 0.6 is 0 Å². The molecule has 84 valence electrons. The van der Waals surface area contributed by atoms with Crippen LogP contribution in [0.3, 0.4) is 0 Å². The summed E-state index contributed by atoms with van der Waals surface area (Å²) in [6.45, 7) is 4.38. The van der Waals surface area contributed by atoms with E-state index in [9.17, 15) is 0 Å². The molecule has 1 saturated heterocycles. The molecule has 1 aliphatic rings. The lowest BCUT2D eigenvalue weighted by Gasteiger charge is -2.30. The quantitative estimate of drug-likeness (QED) is 0.766. The third-order valence-corrected chi connectivity index (χ3v) is 2.63. The molecule has 0 unspecified atom stereocenters. The molecule has 2 rings (SSSR count). The summed E-state index contributed by atoms with van der Waals surface area (Å²) >= 11 is 0. The first kappa shape index (κ1) is 10.8. The van der Waals surface area contributed by atoms with Crippen LogP contribution in [0, 0.1) is 12.3 Å². The van der Waals surface area contributed by atoms with Crippen molar-refractivity contribution in [3.8, 4) is 18.1 Å². The number of nitrogens with one attached hydrogen (secondary N) is 1. The Bertz CT molecular complexity index is 378. The fraction of sp³-hybridized carbons (Fsp3) is 0.385. The molecule has 16 heavy (non-hydrogen) atoms. The van der Waals surface area contributed by atoms with Crippen molar-refractivity contribution in [1.29, 1.82) is 0 Å². The Morgan fingerprint density at radius 1 is 1.31 bits per heavy atom. The minimum Gasteiger partial charge on any atom is -0.479 e. The molecule has 0 atom stereocenters. The number of terminal acetylenes is 1. The highest BCUT2D eigenvalue weighted by molar-refractivity contribution is 5.58. The van der Waals surface area contributed by atoms with Crippen LogP contribution in [0.25, 0.3) is 0 Å². The van der Waals surface area contributed by atoms with E-state index in [1.54, 1.807) is 0 Å². The van der Waals surface area contributed by atoms with Crippen LogP contribution < -0.4 is 15.0 Å². The van der Waals surface area contributed by atoms with E-state index in [-0.39, 0.29) is 0 Å². The molecular weight excluding hydrogens is 200 g/mol. The van der Waals surface area contributed by atoms with Crippen LogP contribution in [0.1, 0.15) is 0 Å². The Balaban J connectivity index is 2.14. The van der Waals surface area contributed by atoms with Crippen LogP contribution in [-0.2, 0) is 0 Å². The fourth-order valence-corrected chi connectivity index (χ4v) is 1.87. The third kappa shape index (κ3) is 2.47. The standard InChI is InChI=1S/C13H16N2O/c1-2-11-16-13-6-4-3-5-12(13)15-9-7-14-8-10-15/h1,3-6,14H,7-11H2. The molecule has 3 heteroatoms. The summed E-state index contributed by atoms with van der Waals surface area (Å²) in [7, 11) is 0. The first-order chi connectivity index (χ1) is 7.92. The van der Waals surface area contributed by atoms with Crippen LogP contribution in [0.4, 0.5) is 5.69 Å². The molecule has 1 aliphatic heterocycles. The number of rotatable bonds is 3. The van der Waals surface area contributed by atoms with Crippen LogP contribution in [0.2, 0.25) is 0 Å². The van der Waals surface area contributed by atoms with Crippen LogP contribution in [0.5, 0.6) is 5.75 Å². The molecule has 1 fully saturated rings. The van der Waals surface area contributed by atoms with Crippen LogP contribution in [0.15, 0.2) is 24.3 Å². The number of benzene rings is 1. The van der Waals surface area contributed by atoms with Gasteiger partial charge in [-0.15, -0.1) is 6.42 Å². The highest BCUT2D eigenvalue weighted by atomic mass is 16.5. The predicted molar refractivity (Wildman–Crippen MR) is 65.9 cm³/mol. The number of hydrogen-bond donors (Lipinski definition) is 1. The SMILES string of the molecule is C#CCOc1ccccc1N1CCNCC1. The summed E-state index contributed by atoms with van der Waals surface area (Å²) < 4.78 is 5.54. The largest absolute Gasteiger partial charge is 0.479 e. The molecule has 1 aromatic carbocycles. The maximum atomic E-state index is 5.54. The second kappa shape index (κ2) is 5.43. The van der Waals surface area contributed by atoms with Gasteiger partial charge in [0.1, 0.15) is 12.4 Å². The summed E-state index contributed by atoms with van der Waals surface area (Å²) in [4.78, 5) is 2.32. The smallest absolute Gasteiger partial charge is 0.148 e. The summed E-state index contributed by atoms with van der Waals surface area (Å²) in [5.74, 6) is 3.37. The number of ether oxygens (including phenoxy) is 1. The molecule has 0 bridgehead atoms. The fourth-order valence-electron chi connectivity index (χ4n) is 1.87. The molecule has 0 aliphatic carbocycles. The molecule has 1 N–H and O–H groups in total. The van der Waals surface area contributed by atoms with E-state index in [1.165, 1.54) is 0 Å². The van der Waals surface area contributed by atoms with Gasteiger partial charge in [-0.3, -0.25) is 0 Å². The summed E-state index contributed by atoms with van der Waals surface area (Å²) in [5, 5.41) is 3.33. The van der Waals surface area contributed by atoms with Crippen molar-refractivity contribution in [2.24, 2.45) is 0 Å². The predicted octanol–water partition coefficient (Wildman–Crippen LogP) is 1.11. The number of hydrogen-bond acceptors (Lipinski definition) is 3. The molecule has 0 amide bonds. The Labute approximate surface area is 96.4 Å². The van der Waals surface area contributed by atoms with Gasteiger partial charge in [-0.1, -0.05) is 18.1 Å². The minimum absolute atomic E-state index is 0.323. The van der Waals surface area contributed by atoms with Gasteiger partial charge in [0.2, 0.25) is 0 Å². The van der Waals surface area contributed by atoms with Crippen molar-refractivity contribution in [3.05, 3.63) is 24.3 Å². The van der Waals surface area contributed by atoms with Crippen molar-refractivity contribution in [2.45, 2.75) is 0 Å². The van der Waals surface area contributed by atoms with Gasteiger partial charge in [-0.05, 0) is 12.1 Å². The van der Waals surface area contributed by atoms with Crippen molar-refractivity contribution in [1.82, 2.24) is 5.32 Å². The molecule has 0 spiro atoms. The van der Waals surface area contributed by atoms with E-state index in [0.717, 1.165) is 37.6 Å². The van der Waals surface area contributed by atoms with Crippen LogP contribution in [-0.4, -0.2) is 32.8 Å². The lowest BCUT2D eigenvalue weighted by atomic mass is 10.2. The number of anilines is 1. The average molecular weight is 216 g/mol. The second-order valence-corrected chi connectivity index (χ2v) is 3.70. The number of nitrogens with zero attached hydrogens (tertiary/aromatic N) is 1. The first-order valence-electron chi connectivity index (χ1n) is 5.53. The first-order valence-corrected chi connectivity index (χ1v) is 5.53. The Morgan fingerprint density at radius 2 is 2.06 bits per heavy atom. The molecule has 0 radical (unpaired) electrons. The van der Waals surface area contributed by atoms with Gasteiger partial charge < -0.3 is 15.0 Å². The molecule has 1 aromatic rings. The Hall–Kier alpha value is -1.66. The maximum absolute atomic E-state index is 5.54. The lowest BCUT2D eigenvalue weighted by molar-refractivity contribution is 0.369. The van der Waals surface area contributed by atoms with E-state index in [1.807, 2.05) is 18.2 Å². The van der Waals surface area contributed by atoms with E-state index >= 15 is 0 Å². The number of piperazine rings is 1. The maximum Gasteiger partial charge on any atom is 0.148 e. The monoisotopic (exact) mass is 216 g/mol. The van der Waals surface area contributed by atoms with E-state index in [0.29, 0.717) is 6.61 Å². The molecule has 0 aromatic heterocycles. The molecule has 0 saturated carbocycles. The van der Waals surface area contributed by atoms with Gasteiger partial charge in [0.15, 0.2) is 0 Å². The number of para-hydroxylation sites is 2. The zero-order valence-electron chi connectivity index (χ0n) is 9.28. The van der Waals surface area contributed by atoms with Crippen molar-refractivity contribution >= 4 is 5.69 Å². The van der Waals surface area contributed by atoms with Crippen molar-refractivity contribution in [3.63, 3.8) is 0 Å². The van der Waals surface area contributed by atoms with Gasteiger partial charge >= 0.3 is 0 Å². The normalized spacial score (nSPS) is 15.6. The molecule has 3 nitrogen and oxygen atoms in total. The summed E-state index contributed by atoms with van der Waals surface area (Å²) in [6, 6.07) is 8.05. The highest BCUT2D eigenvalue weighted by Crippen LogP contribution is 2.27. The van der Waals surface area contributed by atoms with Crippen molar-refractivity contribution in [2.75, 3.05) is 37.7 Å². The van der Waals surface area contributed by atoms with Gasteiger partial charge in [0.25, 0.3) is 0 Å². The van der Waals surface area contributed by atoms with Gasteiger partial charge in [0, 0.05) is 26.2 Å². The zero-order chi connectivity index (χ0) is 11.2. The third-order valence-electron chi connectivity index (χ3n) is 2.63. The van der Waals surface area contributed by atoms with Gasteiger partial charge in [-0.2, -0.15) is 0 Å². The van der Waals surface area contributed by atoms with Gasteiger partial charge in [0.05, 0.1) is 5.69 Å². The van der Waals surface area contributed by atoms with Gasteiger partial charge in [-0.25, -0.2) is 0 Å². The summed E-state index contributed by atoms with van der Waals surface area (Å²) in [5.41, 5.74) is 1.14. The summed E-state index contributed by atoms with van der Waals surface area (Å²) in [6.07, 6.45) is 5.21. The average Bonchev–Trinajstić information content (AvgIpc) is 2.38. The molecule has 1 heterocycles. The zero-order valence-corrected chi connectivity index (χ0v) is 9.28. The highest BCUT2D eigenvalue weighted by Gasteiger charge is 2.13. The topological polar surface area (TPSA) is 24.5 Å². The van der Waals surface area contributed by atoms with E-state index in [4.69, 9.17) is 11.2 Å². The minimum atomic E-state index is 0.323.